The van der Waals surface area contributed by atoms with E-state index in [0.717, 1.165) is 19.3 Å². The van der Waals surface area contributed by atoms with Gasteiger partial charge in [0.25, 0.3) is 0 Å². The van der Waals surface area contributed by atoms with Gasteiger partial charge in [-0.2, -0.15) is 0 Å². The molecule has 8 heteroatoms. The zero-order chi connectivity index (χ0) is 18.1. The Hall–Kier alpha value is -0.930. The highest BCUT2D eigenvalue weighted by molar-refractivity contribution is 5.74. The summed E-state index contributed by atoms with van der Waals surface area (Å²) in [7, 11) is 0. The zero-order valence-electron chi connectivity index (χ0n) is 15.5. The maximum atomic E-state index is 12.3. The smallest absolute Gasteiger partial charge is 0.317 e. The summed E-state index contributed by atoms with van der Waals surface area (Å²) in [6.07, 6.45) is 5.34. The Labute approximate surface area is 150 Å². The lowest BCUT2D eigenvalue weighted by atomic mass is 9.87. The SMILES string of the molecule is CC1CCCC(NC(=O)NC2NC(C)CC(NCCOCCO)N2)C1. The van der Waals surface area contributed by atoms with Gasteiger partial charge >= 0.3 is 6.03 Å². The lowest BCUT2D eigenvalue weighted by Crippen LogP contribution is -2.68. The lowest BCUT2D eigenvalue weighted by Gasteiger charge is -2.37. The minimum atomic E-state index is -0.263. The predicted molar refractivity (Wildman–Crippen MR) is 96.9 cm³/mol. The Morgan fingerprint density at radius 1 is 1.16 bits per heavy atom. The van der Waals surface area contributed by atoms with Crippen molar-refractivity contribution >= 4 is 6.03 Å². The van der Waals surface area contributed by atoms with Crippen molar-refractivity contribution in [1.29, 1.82) is 0 Å². The molecule has 0 spiro atoms. The fourth-order valence-electron chi connectivity index (χ4n) is 3.64. The largest absolute Gasteiger partial charge is 0.394 e. The third-order valence-electron chi connectivity index (χ3n) is 4.83. The normalized spacial score (nSPS) is 33.0. The lowest BCUT2D eigenvalue weighted by molar-refractivity contribution is 0.0889. The van der Waals surface area contributed by atoms with Gasteiger partial charge in [0.2, 0.25) is 0 Å². The molecule has 1 aliphatic heterocycles. The zero-order valence-corrected chi connectivity index (χ0v) is 15.5. The number of rotatable bonds is 8. The maximum absolute atomic E-state index is 12.3. The highest BCUT2D eigenvalue weighted by Crippen LogP contribution is 2.23. The summed E-state index contributed by atoms with van der Waals surface area (Å²) in [5.41, 5.74) is 0. The number of carbonyl (C=O) groups is 1. The molecule has 1 heterocycles. The second kappa shape index (κ2) is 10.9. The van der Waals surface area contributed by atoms with Gasteiger partial charge in [0.05, 0.1) is 26.0 Å². The molecule has 146 valence electrons. The molecule has 0 radical (unpaired) electrons. The van der Waals surface area contributed by atoms with E-state index in [-0.39, 0.29) is 37.2 Å². The Kier molecular flexibility index (Phi) is 8.91. The average molecular weight is 357 g/mol. The summed E-state index contributed by atoms with van der Waals surface area (Å²) in [6, 6.07) is 0.447. The van der Waals surface area contributed by atoms with Gasteiger partial charge in [-0.15, -0.1) is 0 Å². The number of aliphatic hydroxyl groups excluding tert-OH is 1. The van der Waals surface area contributed by atoms with E-state index in [1.165, 1.54) is 12.8 Å². The predicted octanol–water partition coefficient (Wildman–Crippen LogP) is 0.0439. The molecule has 6 N–H and O–H groups in total. The van der Waals surface area contributed by atoms with Crippen LogP contribution in [-0.2, 0) is 4.74 Å². The van der Waals surface area contributed by atoms with Crippen LogP contribution in [0.2, 0.25) is 0 Å². The minimum absolute atomic E-state index is 0.0451. The van der Waals surface area contributed by atoms with Crippen LogP contribution >= 0.6 is 0 Å². The van der Waals surface area contributed by atoms with Crippen LogP contribution in [0.1, 0.15) is 46.0 Å². The van der Waals surface area contributed by atoms with Crippen molar-refractivity contribution in [1.82, 2.24) is 26.6 Å². The second-order valence-corrected chi connectivity index (χ2v) is 7.33. The third-order valence-corrected chi connectivity index (χ3v) is 4.83. The van der Waals surface area contributed by atoms with E-state index in [1.807, 2.05) is 0 Å². The Bertz CT molecular complexity index is 398. The molecule has 1 aliphatic carbocycles. The van der Waals surface area contributed by atoms with Crippen molar-refractivity contribution in [2.75, 3.05) is 26.4 Å². The molecule has 8 nitrogen and oxygen atoms in total. The van der Waals surface area contributed by atoms with Crippen LogP contribution in [0.5, 0.6) is 0 Å². The van der Waals surface area contributed by atoms with Crippen LogP contribution in [-0.4, -0.2) is 62.0 Å². The number of nitrogens with one attached hydrogen (secondary N) is 5. The molecule has 0 bridgehead atoms. The maximum Gasteiger partial charge on any atom is 0.317 e. The standard InChI is InChI=1S/C17H35N5O3/c1-12-4-3-5-14(10-12)20-17(24)22-16-19-13(2)11-15(21-16)18-6-8-25-9-7-23/h12-16,18-19,21,23H,3-11H2,1-2H3,(H2,20,22,24). The number of carbonyl (C=O) groups excluding carboxylic acids is 1. The van der Waals surface area contributed by atoms with Crippen LogP contribution < -0.4 is 26.6 Å². The quantitative estimate of drug-likeness (QED) is 0.343. The second-order valence-electron chi connectivity index (χ2n) is 7.33. The molecule has 1 saturated carbocycles. The van der Waals surface area contributed by atoms with Gasteiger partial charge in [0.1, 0.15) is 6.29 Å². The van der Waals surface area contributed by atoms with Crippen LogP contribution in [0.15, 0.2) is 0 Å². The van der Waals surface area contributed by atoms with E-state index < -0.39 is 0 Å². The van der Waals surface area contributed by atoms with Gasteiger partial charge in [0.15, 0.2) is 0 Å². The summed E-state index contributed by atoms with van der Waals surface area (Å²) in [6.45, 7) is 6.01. The molecule has 2 aliphatic rings. The van der Waals surface area contributed by atoms with Gasteiger partial charge in [-0.3, -0.25) is 16.0 Å². The summed E-state index contributed by atoms with van der Waals surface area (Å²) in [5, 5.41) is 24.8. The van der Waals surface area contributed by atoms with Gasteiger partial charge < -0.3 is 20.5 Å². The van der Waals surface area contributed by atoms with Gasteiger partial charge in [-0.25, -0.2) is 4.79 Å². The molecule has 2 fully saturated rings. The number of hydrogen-bond donors (Lipinski definition) is 6. The Morgan fingerprint density at radius 2 is 2.00 bits per heavy atom. The summed E-state index contributed by atoms with van der Waals surface area (Å²) < 4.78 is 5.25. The van der Waals surface area contributed by atoms with Crippen molar-refractivity contribution in [3.63, 3.8) is 0 Å². The highest BCUT2D eigenvalue weighted by atomic mass is 16.5. The Balaban J connectivity index is 1.68. The number of aliphatic hydroxyl groups is 1. The molecule has 0 aromatic heterocycles. The molecular formula is C17H35N5O3. The van der Waals surface area contributed by atoms with Crippen LogP contribution in [0.4, 0.5) is 4.79 Å². The average Bonchev–Trinajstić information content (AvgIpc) is 2.54. The molecule has 2 amide bonds. The van der Waals surface area contributed by atoms with E-state index in [4.69, 9.17) is 9.84 Å². The minimum Gasteiger partial charge on any atom is -0.394 e. The molecule has 5 unspecified atom stereocenters. The molecule has 0 aromatic carbocycles. The van der Waals surface area contributed by atoms with Crippen molar-refractivity contribution < 1.29 is 14.6 Å². The van der Waals surface area contributed by atoms with Gasteiger partial charge in [-0.1, -0.05) is 19.8 Å². The first-order valence-corrected chi connectivity index (χ1v) is 9.58. The van der Waals surface area contributed by atoms with E-state index in [9.17, 15) is 4.79 Å². The number of amides is 2. The van der Waals surface area contributed by atoms with Crippen LogP contribution in [0.3, 0.4) is 0 Å². The fourth-order valence-corrected chi connectivity index (χ4v) is 3.64. The molecule has 1 saturated heterocycles. The first kappa shape index (κ1) is 20.4. The highest BCUT2D eigenvalue weighted by Gasteiger charge is 2.27. The topological polar surface area (TPSA) is 107 Å². The van der Waals surface area contributed by atoms with Gasteiger partial charge in [-0.05, 0) is 32.1 Å². The van der Waals surface area contributed by atoms with E-state index in [0.29, 0.717) is 25.7 Å². The summed E-state index contributed by atoms with van der Waals surface area (Å²) >= 11 is 0. The van der Waals surface area contributed by atoms with E-state index in [2.05, 4.69) is 40.4 Å². The molecular weight excluding hydrogens is 322 g/mol. The number of urea groups is 1. The first-order valence-electron chi connectivity index (χ1n) is 9.58. The van der Waals surface area contributed by atoms with Crippen molar-refractivity contribution in [3.05, 3.63) is 0 Å². The van der Waals surface area contributed by atoms with Crippen LogP contribution in [0, 0.1) is 5.92 Å². The van der Waals surface area contributed by atoms with Crippen molar-refractivity contribution in [2.45, 2.75) is 70.5 Å². The molecule has 5 atom stereocenters. The van der Waals surface area contributed by atoms with Gasteiger partial charge in [0, 0.05) is 18.6 Å². The fraction of sp³-hybridized carbons (Fsp3) is 0.941. The van der Waals surface area contributed by atoms with Crippen LogP contribution in [0.25, 0.3) is 0 Å². The summed E-state index contributed by atoms with van der Waals surface area (Å²) in [4.78, 5) is 12.3. The Morgan fingerprint density at radius 3 is 2.76 bits per heavy atom. The van der Waals surface area contributed by atoms with Crippen molar-refractivity contribution in [2.24, 2.45) is 5.92 Å². The van der Waals surface area contributed by atoms with E-state index in [1.54, 1.807) is 0 Å². The molecule has 25 heavy (non-hydrogen) atoms. The van der Waals surface area contributed by atoms with Crippen molar-refractivity contribution in [3.8, 4) is 0 Å². The molecule has 0 aromatic rings. The third kappa shape index (κ3) is 7.87. The monoisotopic (exact) mass is 357 g/mol. The summed E-state index contributed by atoms with van der Waals surface area (Å²) in [5.74, 6) is 0.687. The first-order chi connectivity index (χ1) is 12.1. The number of ether oxygens (including phenoxy) is 1. The van der Waals surface area contributed by atoms with E-state index >= 15 is 0 Å². The number of hydrogen-bond acceptors (Lipinski definition) is 6. The molecule has 2 rings (SSSR count).